The highest BCUT2D eigenvalue weighted by Gasteiger charge is 2.18. The number of sulfonamides is 1. The van der Waals surface area contributed by atoms with E-state index in [1.54, 1.807) is 6.07 Å². The van der Waals surface area contributed by atoms with Crippen molar-refractivity contribution in [3.63, 3.8) is 0 Å². The van der Waals surface area contributed by atoms with Crippen LogP contribution in [0, 0.1) is 0 Å². The lowest BCUT2D eigenvalue weighted by atomic mass is 10.1. The van der Waals surface area contributed by atoms with Crippen LogP contribution in [0.2, 0.25) is 0 Å². The molecule has 0 amide bonds. The summed E-state index contributed by atoms with van der Waals surface area (Å²) in [7, 11) is -3.44. The molecule has 0 saturated heterocycles. The van der Waals surface area contributed by atoms with E-state index in [0.717, 1.165) is 49.2 Å². The third-order valence-electron chi connectivity index (χ3n) is 4.75. The smallest absolute Gasteiger partial charge is 0.240 e. The molecule has 25 heavy (non-hydrogen) atoms. The van der Waals surface area contributed by atoms with Crippen LogP contribution in [0.15, 0.2) is 41.3 Å². The highest BCUT2D eigenvalue weighted by molar-refractivity contribution is 7.89. The van der Waals surface area contributed by atoms with Crippen molar-refractivity contribution in [2.24, 2.45) is 0 Å². The molecule has 2 aromatic rings. The Morgan fingerprint density at radius 2 is 1.80 bits per heavy atom. The van der Waals surface area contributed by atoms with Crippen molar-refractivity contribution >= 4 is 10.0 Å². The normalized spacial score (nSPS) is 15.4. The van der Waals surface area contributed by atoms with Crippen LogP contribution < -0.4 is 14.2 Å². The molecule has 0 spiro atoms. The minimum absolute atomic E-state index is 0.263. The van der Waals surface area contributed by atoms with Gasteiger partial charge in [0.15, 0.2) is 11.5 Å². The molecule has 0 aromatic heterocycles. The van der Waals surface area contributed by atoms with Gasteiger partial charge in [0.1, 0.15) is 0 Å². The molecule has 2 aromatic carbocycles. The number of aryl methyl sites for hydroxylation is 3. The second kappa shape index (κ2) is 6.69. The summed E-state index contributed by atoms with van der Waals surface area (Å²) in [5, 5.41) is 0. The lowest BCUT2D eigenvalue weighted by molar-refractivity contribution is 0.174. The zero-order valence-corrected chi connectivity index (χ0v) is 14.8. The van der Waals surface area contributed by atoms with Gasteiger partial charge in [0.05, 0.1) is 4.90 Å². The van der Waals surface area contributed by atoms with E-state index in [1.165, 1.54) is 11.1 Å². The van der Waals surface area contributed by atoms with Crippen molar-refractivity contribution in [2.45, 2.75) is 37.0 Å². The molecule has 6 heteroatoms. The van der Waals surface area contributed by atoms with Gasteiger partial charge in [0, 0.05) is 6.54 Å². The standard InChI is InChI=1S/C19H21NO4S/c21-25(22,17-8-7-15-4-1-5-16(15)12-17)20-10-2-3-14-6-9-18-19(11-14)24-13-23-18/h6-9,11-12,20H,1-5,10,13H2. The third kappa shape index (κ3) is 3.50. The summed E-state index contributed by atoms with van der Waals surface area (Å²) in [6.45, 7) is 0.674. The van der Waals surface area contributed by atoms with Gasteiger partial charge in [-0.3, -0.25) is 0 Å². The molecule has 5 nitrogen and oxygen atoms in total. The number of nitrogens with one attached hydrogen (secondary N) is 1. The fraction of sp³-hybridized carbons (Fsp3) is 0.368. The van der Waals surface area contributed by atoms with Gasteiger partial charge >= 0.3 is 0 Å². The van der Waals surface area contributed by atoms with E-state index in [2.05, 4.69) is 4.72 Å². The van der Waals surface area contributed by atoms with Gasteiger partial charge in [-0.25, -0.2) is 13.1 Å². The number of hydrogen-bond acceptors (Lipinski definition) is 4. The van der Waals surface area contributed by atoms with Crippen molar-refractivity contribution in [1.29, 1.82) is 0 Å². The van der Waals surface area contributed by atoms with Gasteiger partial charge in [-0.1, -0.05) is 12.1 Å². The van der Waals surface area contributed by atoms with Crippen molar-refractivity contribution in [1.82, 2.24) is 4.72 Å². The third-order valence-corrected chi connectivity index (χ3v) is 6.21. The molecule has 0 radical (unpaired) electrons. The molecule has 0 saturated carbocycles. The maximum atomic E-state index is 12.4. The number of fused-ring (bicyclic) bond motifs is 2. The molecule has 1 aliphatic heterocycles. The molecule has 0 bridgehead atoms. The number of rotatable bonds is 6. The summed E-state index contributed by atoms with van der Waals surface area (Å²) in [4.78, 5) is 0.372. The summed E-state index contributed by atoms with van der Waals surface area (Å²) >= 11 is 0. The van der Waals surface area contributed by atoms with E-state index in [4.69, 9.17) is 9.47 Å². The summed E-state index contributed by atoms with van der Waals surface area (Å²) in [6.07, 6.45) is 4.65. The molecular weight excluding hydrogens is 338 g/mol. The molecule has 1 N–H and O–H groups in total. The fourth-order valence-electron chi connectivity index (χ4n) is 3.39. The van der Waals surface area contributed by atoms with Crippen LogP contribution in [0.1, 0.15) is 29.5 Å². The van der Waals surface area contributed by atoms with Crippen LogP contribution in [-0.2, 0) is 29.3 Å². The summed E-state index contributed by atoms with van der Waals surface area (Å²) in [5.74, 6) is 1.53. The van der Waals surface area contributed by atoms with Crippen molar-refractivity contribution in [3.05, 3.63) is 53.1 Å². The number of hydrogen-bond donors (Lipinski definition) is 1. The maximum Gasteiger partial charge on any atom is 0.240 e. The van der Waals surface area contributed by atoms with Crippen LogP contribution in [0.5, 0.6) is 11.5 Å². The van der Waals surface area contributed by atoms with Crippen molar-refractivity contribution in [3.8, 4) is 11.5 Å². The van der Waals surface area contributed by atoms with E-state index in [1.807, 2.05) is 30.3 Å². The maximum absolute atomic E-state index is 12.4. The van der Waals surface area contributed by atoms with Crippen molar-refractivity contribution < 1.29 is 17.9 Å². The highest BCUT2D eigenvalue weighted by Crippen LogP contribution is 2.32. The van der Waals surface area contributed by atoms with E-state index in [0.29, 0.717) is 11.4 Å². The summed E-state index contributed by atoms with van der Waals surface area (Å²) in [5.41, 5.74) is 3.56. The van der Waals surface area contributed by atoms with Crippen LogP contribution in [0.3, 0.4) is 0 Å². The Morgan fingerprint density at radius 3 is 2.72 bits per heavy atom. The Bertz CT molecular complexity index is 892. The first-order chi connectivity index (χ1) is 12.1. The Balaban J connectivity index is 1.33. The minimum atomic E-state index is -3.44. The van der Waals surface area contributed by atoms with Gasteiger partial charge < -0.3 is 9.47 Å². The van der Waals surface area contributed by atoms with Gasteiger partial charge in [-0.05, 0) is 73.1 Å². The van der Waals surface area contributed by atoms with E-state index in [-0.39, 0.29) is 6.79 Å². The molecule has 0 unspecified atom stereocenters. The second-order valence-corrected chi connectivity index (χ2v) is 8.24. The fourth-order valence-corrected chi connectivity index (χ4v) is 4.52. The molecule has 2 aliphatic rings. The highest BCUT2D eigenvalue weighted by atomic mass is 32.2. The Morgan fingerprint density at radius 1 is 0.960 bits per heavy atom. The number of benzene rings is 2. The first-order valence-electron chi connectivity index (χ1n) is 8.62. The van der Waals surface area contributed by atoms with Gasteiger partial charge in [-0.2, -0.15) is 0 Å². The van der Waals surface area contributed by atoms with E-state index < -0.39 is 10.0 Å². The van der Waals surface area contributed by atoms with Crippen LogP contribution in [0.4, 0.5) is 0 Å². The SMILES string of the molecule is O=S(=O)(NCCCc1ccc2c(c1)OCO2)c1ccc2c(c1)CCC2. The lowest BCUT2D eigenvalue weighted by Gasteiger charge is -2.09. The van der Waals surface area contributed by atoms with Crippen LogP contribution in [0.25, 0.3) is 0 Å². The zero-order valence-electron chi connectivity index (χ0n) is 14.0. The average molecular weight is 359 g/mol. The predicted octanol–water partition coefficient (Wildman–Crippen LogP) is 2.82. The topological polar surface area (TPSA) is 64.6 Å². The van der Waals surface area contributed by atoms with Crippen LogP contribution >= 0.6 is 0 Å². The Kier molecular flexibility index (Phi) is 4.39. The predicted molar refractivity (Wildman–Crippen MR) is 94.5 cm³/mol. The minimum Gasteiger partial charge on any atom is -0.454 e. The molecule has 1 aliphatic carbocycles. The Labute approximate surface area is 148 Å². The number of ether oxygens (including phenoxy) is 2. The zero-order chi connectivity index (χ0) is 17.3. The van der Waals surface area contributed by atoms with Crippen LogP contribution in [-0.4, -0.2) is 21.8 Å². The lowest BCUT2D eigenvalue weighted by Crippen LogP contribution is -2.25. The Hall–Kier alpha value is -2.05. The summed E-state index contributed by atoms with van der Waals surface area (Å²) in [6, 6.07) is 11.3. The summed E-state index contributed by atoms with van der Waals surface area (Å²) < 4.78 is 38.3. The largest absolute Gasteiger partial charge is 0.454 e. The average Bonchev–Trinajstić information content (AvgIpc) is 3.26. The molecular formula is C19H21NO4S. The first kappa shape index (κ1) is 16.4. The molecule has 1 heterocycles. The molecule has 4 rings (SSSR count). The second-order valence-electron chi connectivity index (χ2n) is 6.47. The monoisotopic (exact) mass is 359 g/mol. The van der Waals surface area contributed by atoms with Gasteiger partial charge in [0.25, 0.3) is 0 Å². The molecule has 132 valence electrons. The van der Waals surface area contributed by atoms with E-state index >= 15 is 0 Å². The van der Waals surface area contributed by atoms with Gasteiger partial charge in [-0.15, -0.1) is 0 Å². The van der Waals surface area contributed by atoms with Crippen molar-refractivity contribution in [2.75, 3.05) is 13.3 Å². The molecule has 0 fully saturated rings. The van der Waals surface area contributed by atoms with Gasteiger partial charge in [0.2, 0.25) is 16.8 Å². The first-order valence-corrected chi connectivity index (χ1v) is 10.1. The quantitative estimate of drug-likeness (QED) is 0.806. The van der Waals surface area contributed by atoms with E-state index in [9.17, 15) is 8.42 Å². The molecule has 0 atom stereocenters.